The molecule has 19 heavy (non-hydrogen) atoms. The van der Waals surface area contributed by atoms with Gasteiger partial charge in [-0.15, -0.1) is 0 Å². The minimum Gasteiger partial charge on any atom is -0.289 e. The van der Waals surface area contributed by atoms with Crippen LogP contribution in [0.3, 0.4) is 0 Å². The zero-order valence-corrected chi connectivity index (χ0v) is 10.9. The summed E-state index contributed by atoms with van der Waals surface area (Å²) in [7, 11) is 0. The SMILES string of the molecule is CC(C)C1(F)C=CC(C(=O)c2ccccc2)=CC1F. The number of ketones is 1. The summed E-state index contributed by atoms with van der Waals surface area (Å²) in [5, 5.41) is 0. The normalized spacial score (nSPS) is 26.4. The molecule has 1 aromatic carbocycles. The molecule has 0 spiro atoms. The van der Waals surface area contributed by atoms with Gasteiger partial charge in [0, 0.05) is 11.1 Å². The van der Waals surface area contributed by atoms with Gasteiger partial charge in [-0.3, -0.25) is 4.79 Å². The fourth-order valence-electron chi connectivity index (χ4n) is 2.07. The highest BCUT2D eigenvalue weighted by atomic mass is 19.2. The van der Waals surface area contributed by atoms with Crippen LogP contribution in [0.15, 0.2) is 54.1 Å². The molecule has 0 radical (unpaired) electrons. The minimum atomic E-state index is -2.03. The van der Waals surface area contributed by atoms with Crippen LogP contribution in [0.2, 0.25) is 0 Å². The van der Waals surface area contributed by atoms with E-state index < -0.39 is 17.8 Å². The molecule has 1 aliphatic rings. The van der Waals surface area contributed by atoms with Crippen molar-refractivity contribution in [2.24, 2.45) is 5.92 Å². The Morgan fingerprint density at radius 3 is 2.42 bits per heavy atom. The number of hydrogen-bond acceptors (Lipinski definition) is 1. The summed E-state index contributed by atoms with van der Waals surface area (Å²) in [5.74, 6) is -0.770. The average Bonchev–Trinajstić information content (AvgIpc) is 2.42. The van der Waals surface area contributed by atoms with Crippen molar-refractivity contribution in [2.75, 3.05) is 0 Å². The van der Waals surface area contributed by atoms with Gasteiger partial charge in [0.15, 0.2) is 17.6 Å². The van der Waals surface area contributed by atoms with Crippen molar-refractivity contribution in [2.45, 2.75) is 25.7 Å². The molecule has 0 bridgehead atoms. The van der Waals surface area contributed by atoms with E-state index in [9.17, 15) is 13.6 Å². The first-order chi connectivity index (χ1) is 8.95. The summed E-state index contributed by atoms with van der Waals surface area (Å²) in [5.41, 5.74) is -1.35. The Morgan fingerprint density at radius 2 is 1.89 bits per heavy atom. The highest BCUT2D eigenvalue weighted by Gasteiger charge is 2.41. The number of carbonyl (C=O) groups excluding carboxylic acids is 1. The van der Waals surface area contributed by atoms with E-state index in [1.54, 1.807) is 44.2 Å². The molecular weight excluding hydrogens is 246 g/mol. The molecule has 0 N–H and O–H groups in total. The van der Waals surface area contributed by atoms with Gasteiger partial charge in [-0.1, -0.05) is 50.3 Å². The Kier molecular flexibility index (Phi) is 3.65. The van der Waals surface area contributed by atoms with Crippen molar-refractivity contribution in [3.63, 3.8) is 0 Å². The van der Waals surface area contributed by atoms with E-state index in [1.165, 1.54) is 12.2 Å². The van der Waals surface area contributed by atoms with Gasteiger partial charge in [-0.05, 0) is 18.1 Å². The van der Waals surface area contributed by atoms with Crippen LogP contribution in [0.1, 0.15) is 24.2 Å². The molecule has 0 heterocycles. The van der Waals surface area contributed by atoms with Gasteiger partial charge in [-0.25, -0.2) is 8.78 Å². The van der Waals surface area contributed by atoms with Gasteiger partial charge in [-0.2, -0.15) is 0 Å². The van der Waals surface area contributed by atoms with Gasteiger partial charge in [0.05, 0.1) is 0 Å². The number of halogens is 2. The lowest BCUT2D eigenvalue weighted by molar-refractivity contribution is 0.0750. The molecule has 2 atom stereocenters. The van der Waals surface area contributed by atoms with E-state index >= 15 is 0 Å². The van der Waals surface area contributed by atoms with Crippen LogP contribution in [-0.4, -0.2) is 17.6 Å². The van der Waals surface area contributed by atoms with Crippen LogP contribution in [0.25, 0.3) is 0 Å². The van der Waals surface area contributed by atoms with Gasteiger partial charge in [0.25, 0.3) is 0 Å². The lowest BCUT2D eigenvalue weighted by Crippen LogP contribution is -2.39. The standard InChI is InChI=1S/C16H16F2O/c1-11(2)16(18)9-8-13(10-14(16)17)15(19)12-6-4-3-5-7-12/h3-11,14H,1-2H3. The Morgan fingerprint density at radius 1 is 1.26 bits per heavy atom. The van der Waals surface area contributed by atoms with Crippen LogP contribution >= 0.6 is 0 Å². The first-order valence-electron chi connectivity index (χ1n) is 6.29. The van der Waals surface area contributed by atoms with Crippen LogP contribution < -0.4 is 0 Å². The van der Waals surface area contributed by atoms with Crippen LogP contribution in [0.4, 0.5) is 8.78 Å². The highest BCUT2D eigenvalue weighted by Crippen LogP contribution is 2.35. The van der Waals surface area contributed by atoms with Crippen molar-refractivity contribution < 1.29 is 13.6 Å². The summed E-state index contributed by atoms with van der Waals surface area (Å²) in [6.07, 6.45) is 1.83. The second kappa shape index (κ2) is 5.08. The average molecular weight is 262 g/mol. The lowest BCUT2D eigenvalue weighted by atomic mass is 9.82. The van der Waals surface area contributed by atoms with Crippen molar-refractivity contribution in [3.8, 4) is 0 Å². The zero-order valence-electron chi connectivity index (χ0n) is 10.9. The maximum Gasteiger partial charge on any atom is 0.192 e. The smallest absolute Gasteiger partial charge is 0.192 e. The highest BCUT2D eigenvalue weighted by molar-refractivity contribution is 6.10. The van der Waals surface area contributed by atoms with Crippen LogP contribution in [-0.2, 0) is 0 Å². The second-order valence-electron chi connectivity index (χ2n) is 5.03. The molecule has 1 aliphatic carbocycles. The number of rotatable bonds is 3. The van der Waals surface area contributed by atoms with E-state index in [4.69, 9.17) is 0 Å². The number of hydrogen-bond donors (Lipinski definition) is 0. The number of alkyl halides is 2. The van der Waals surface area contributed by atoms with Gasteiger partial charge < -0.3 is 0 Å². The molecule has 1 nitrogen and oxygen atoms in total. The van der Waals surface area contributed by atoms with Crippen molar-refractivity contribution >= 4 is 5.78 Å². The quantitative estimate of drug-likeness (QED) is 0.750. The zero-order chi connectivity index (χ0) is 14.0. The predicted molar refractivity (Wildman–Crippen MR) is 71.6 cm³/mol. The first kappa shape index (κ1) is 13.7. The third-order valence-electron chi connectivity index (χ3n) is 3.45. The Bertz CT molecular complexity index is 531. The molecule has 0 amide bonds. The van der Waals surface area contributed by atoms with Crippen LogP contribution in [0, 0.1) is 5.92 Å². The Hall–Kier alpha value is -1.77. The number of benzene rings is 1. The van der Waals surface area contributed by atoms with Crippen molar-refractivity contribution in [1.29, 1.82) is 0 Å². The Labute approximate surface area is 111 Å². The number of carbonyl (C=O) groups is 1. The van der Waals surface area contributed by atoms with Gasteiger partial charge in [0.1, 0.15) is 0 Å². The molecular formula is C16H16F2O. The topological polar surface area (TPSA) is 17.1 Å². The molecule has 2 rings (SSSR count). The summed E-state index contributed by atoms with van der Waals surface area (Å²) >= 11 is 0. The lowest BCUT2D eigenvalue weighted by Gasteiger charge is -2.30. The largest absolute Gasteiger partial charge is 0.289 e. The molecule has 3 heteroatoms. The summed E-state index contributed by atoms with van der Waals surface area (Å²) in [6.45, 7) is 3.24. The first-order valence-corrected chi connectivity index (χ1v) is 6.29. The van der Waals surface area contributed by atoms with Gasteiger partial charge in [0.2, 0.25) is 0 Å². The summed E-state index contributed by atoms with van der Waals surface area (Å²) in [6, 6.07) is 8.58. The molecule has 2 unspecified atom stereocenters. The summed E-state index contributed by atoms with van der Waals surface area (Å²) < 4.78 is 28.3. The Balaban J connectivity index is 2.26. The van der Waals surface area contributed by atoms with Gasteiger partial charge >= 0.3 is 0 Å². The minimum absolute atomic E-state index is 0.202. The molecule has 0 aliphatic heterocycles. The molecule has 0 fully saturated rings. The second-order valence-corrected chi connectivity index (χ2v) is 5.03. The molecule has 0 saturated carbocycles. The van der Waals surface area contributed by atoms with Crippen LogP contribution in [0.5, 0.6) is 0 Å². The molecule has 100 valence electrons. The number of allylic oxidation sites excluding steroid dienone is 4. The summed E-state index contributed by atoms with van der Waals surface area (Å²) in [4.78, 5) is 12.1. The van der Waals surface area contributed by atoms with E-state index in [0.717, 1.165) is 6.08 Å². The maximum absolute atomic E-state index is 14.3. The van der Waals surface area contributed by atoms with E-state index in [-0.39, 0.29) is 11.4 Å². The molecule has 0 saturated heterocycles. The third-order valence-corrected chi connectivity index (χ3v) is 3.45. The fourth-order valence-corrected chi connectivity index (χ4v) is 2.07. The predicted octanol–water partition coefficient (Wildman–Crippen LogP) is 4.07. The van der Waals surface area contributed by atoms with E-state index in [2.05, 4.69) is 0 Å². The van der Waals surface area contributed by atoms with Crippen molar-refractivity contribution in [1.82, 2.24) is 0 Å². The van der Waals surface area contributed by atoms with E-state index in [1.807, 2.05) is 0 Å². The monoisotopic (exact) mass is 262 g/mol. The maximum atomic E-state index is 14.3. The van der Waals surface area contributed by atoms with Crippen molar-refractivity contribution in [3.05, 3.63) is 59.7 Å². The van der Waals surface area contributed by atoms with E-state index in [0.29, 0.717) is 5.56 Å². The molecule has 0 aromatic heterocycles. The molecule has 1 aromatic rings. The fraction of sp³-hybridized carbons (Fsp3) is 0.312. The third kappa shape index (κ3) is 2.50. The number of Topliss-reactive ketones (excluding diaryl/α,β-unsaturated/α-hetero) is 1.